The second-order valence-corrected chi connectivity index (χ2v) is 3.33. The van der Waals surface area contributed by atoms with Crippen molar-refractivity contribution in [3.05, 3.63) is 0 Å². The summed E-state index contributed by atoms with van der Waals surface area (Å²) in [4.78, 5) is 12.9. The summed E-state index contributed by atoms with van der Waals surface area (Å²) in [5.74, 6) is 0.172. The Morgan fingerprint density at radius 3 is 2.73 bits per heavy atom. The van der Waals surface area contributed by atoms with E-state index in [2.05, 4.69) is 0 Å². The third-order valence-corrected chi connectivity index (χ3v) is 2.04. The standard InChI is InChI=1S/C8H15NO2/c1-6(2)9-5-7(10)3-4-8(9)11/h6-7,10H,3-5H2,1-2H3. The van der Waals surface area contributed by atoms with Crippen LogP contribution in [-0.2, 0) is 4.79 Å². The second-order valence-electron chi connectivity index (χ2n) is 3.33. The van der Waals surface area contributed by atoms with Crippen molar-refractivity contribution >= 4 is 5.91 Å². The third-order valence-electron chi connectivity index (χ3n) is 2.04. The minimum Gasteiger partial charge on any atom is -0.391 e. The maximum Gasteiger partial charge on any atom is 0.222 e. The highest BCUT2D eigenvalue weighted by Crippen LogP contribution is 2.13. The van der Waals surface area contributed by atoms with Gasteiger partial charge in [-0.25, -0.2) is 0 Å². The van der Waals surface area contributed by atoms with Gasteiger partial charge in [-0.05, 0) is 20.3 Å². The van der Waals surface area contributed by atoms with Gasteiger partial charge >= 0.3 is 0 Å². The highest BCUT2D eigenvalue weighted by molar-refractivity contribution is 5.77. The predicted molar refractivity (Wildman–Crippen MR) is 42.1 cm³/mol. The molecule has 3 nitrogen and oxygen atoms in total. The number of hydrogen-bond acceptors (Lipinski definition) is 2. The van der Waals surface area contributed by atoms with Gasteiger partial charge < -0.3 is 10.0 Å². The van der Waals surface area contributed by atoms with E-state index in [4.69, 9.17) is 0 Å². The number of β-amino-alcohol motifs (C(OH)–C–C–N with tert-alkyl or cyclic N) is 1. The Morgan fingerprint density at radius 1 is 1.64 bits per heavy atom. The lowest BCUT2D eigenvalue weighted by Gasteiger charge is -2.33. The molecule has 0 aromatic carbocycles. The van der Waals surface area contributed by atoms with E-state index in [-0.39, 0.29) is 18.1 Å². The molecule has 0 spiro atoms. The molecule has 0 aromatic heterocycles. The molecule has 64 valence electrons. The minimum atomic E-state index is -0.310. The summed E-state index contributed by atoms with van der Waals surface area (Å²) in [5.41, 5.74) is 0. The Bertz CT molecular complexity index is 156. The first-order valence-corrected chi connectivity index (χ1v) is 4.09. The molecule has 1 unspecified atom stereocenters. The number of aliphatic hydroxyl groups excluding tert-OH is 1. The summed E-state index contributed by atoms with van der Waals surface area (Å²) in [6.45, 7) is 4.45. The van der Waals surface area contributed by atoms with E-state index in [0.717, 1.165) is 0 Å². The van der Waals surface area contributed by atoms with Crippen molar-refractivity contribution < 1.29 is 9.90 Å². The van der Waals surface area contributed by atoms with E-state index in [9.17, 15) is 9.90 Å². The highest BCUT2D eigenvalue weighted by atomic mass is 16.3. The van der Waals surface area contributed by atoms with Crippen molar-refractivity contribution in [2.45, 2.75) is 38.8 Å². The number of likely N-dealkylation sites (tertiary alicyclic amines) is 1. The Hall–Kier alpha value is -0.570. The topological polar surface area (TPSA) is 40.5 Å². The molecule has 1 atom stereocenters. The first-order valence-electron chi connectivity index (χ1n) is 4.09. The van der Waals surface area contributed by atoms with Crippen LogP contribution in [-0.4, -0.2) is 34.6 Å². The number of piperidine rings is 1. The number of aliphatic hydroxyl groups is 1. The van der Waals surface area contributed by atoms with Crippen molar-refractivity contribution in [3.8, 4) is 0 Å². The van der Waals surface area contributed by atoms with Crippen LogP contribution in [0.1, 0.15) is 26.7 Å². The Balaban J connectivity index is 2.54. The molecular formula is C8H15NO2. The average Bonchev–Trinajstić information content (AvgIpc) is 1.94. The Morgan fingerprint density at radius 2 is 2.27 bits per heavy atom. The normalized spacial score (nSPS) is 26.4. The zero-order chi connectivity index (χ0) is 8.43. The molecule has 1 aliphatic rings. The maximum atomic E-state index is 11.2. The fraction of sp³-hybridized carbons (Fsp3) is 0.875. The summed E-state index contributed by atoms with van der Waals surface area (Å²) < 4.78 is 0. The summed E-state index contributed by atoms with van der Waals surface area (Å²) in [6.07, 6.45) is 0.816. The number of amides is 1. The summed E-state index contributed by atoms with van der Waals surface area (Å²) in [7, 11) is 0. The summed E-state index contributed by atoms with van der Waals surface area (Å²) in [6, 6.07) is 0.220. The van der Waals surface area contributed by atoms with Crippen LogP contribution < -0.4 is 0 Å². The molecule has 3 heteroatoms. The lowest BCUT2D eigenvalue weighted by Crippen LogP contribution is -2.46. The molecule has 11 heavy (non-hydrogen) atoms. The quantitative estimate of drug-likeness (QED) is 0.597. The van der Waals surface area contributed by atoms with Crippen LogP contribution in [0.25, 0.3) is 0 Å². The van der Waals surface area contributed by atoms with Crippen molar-refractivity contribution in [2.75, 3.05) is 6.54 Å². The van der Waals surface area contributed by atoms with E-state index in [1.54, 1.807) is 4.90 Å². The van der Waals surface area contributed by atoms with E-state index in [1.165, 1.54) is 0 Å². The van der Waals surface area contributed by atoms with Crippen molar-refractivity contribution in [1.29, 1.82) is 0 Å². The fourth-order valence-corrected chi connectivity index (χ4v) is 1.35. The first kappa shape index (κ1) is 8.53. The van der Waals surface area contributed by atoms with E-state index < -0.39 is 0 Å². The largest absolute Gasteiger partial charge is 0.391 e. The summed E-state index contributed by atoms with van der Waals surface area (Å²) in [5, 5.41) is 9.25. The second kappa shape index (κ2) is 3.22. The highest BCUT2D eigenvalue weighted by Gasteiger charge is 2.25. The van der Waals surface area contributed by atoms with Gasteiger partial charge in [-0.2, -0.15) is 0 Å². The molecule has 1 rings (SSSR count). The molecule has 1 saturated heterocycles. The van der Waals surface area contributed by atoms with Crippen molar-refractivity contribution in [1.82, 2.24) is 4.90 Å². The number of carbonyl (C=O) groups is 1. The zero-order valence-corrected chi connectivity index (χ0v) is 7.08. The van der Waals surface area contributed by atoms with Crippen molar-refractivity contribution in [2.24, 2.45) is 0 Å². The molecule has 1 fully saturated rings. The molecule has 1 amide bonds. The molecule has 1 heterocycles. The molecule has 1 aliphatic heterocycles. The Labute approximate surface area is 67.0 Å². The first-order chi connectivity index (χ1) is 5.11. The maximum absolute atomic E-state index is 11.2. The van der Waals surface area contributed by atoms with Gasteiger partial charge in [-0.15, -0.1) is 0 Å². The van der Waals surface area contributed by atoms with E-state index in [1.807, 2.05) is 13.8 Å². The third kappa shape index (κ3) is 1.93. The number of hydrogen-bond donors (Lipinski definition) is 1. The molecular weight excluding hydrogens is 142 g/mol. The number of rotatable bonds is 1. The molecule has 0 bridgehead atoms. The van der Waals surface area contributed by atoms with Crippen molar-refractivity contribution in [3.63, 3.8) is 0 Å². The Kier molecular flexibility index (Phi) is 2.49. The van der Waals surface area contributed by atoms with Gasteiger partial charge in [-0.1, -0.05) is 0 Å². The van der Waals surface area contributed by atoms with Gasteiger partial charge in [0.05, 0.1) is 6.10 Å². The fourth-order valence-electron chi connectivity index (χ4n) is 1.35. The van der Waals surface area contributed by atoms with Gasteiger partial charge in [-0.3, -0.25) is 4.79 Å². The van der Waals surface area contributed by atoms with Crippen LogP contribution in [0.15, 0.2) is 0 Å². The lowest BCUT2D eigenvalue weighted by molar-refractivity contribution is -0.138. The molecule has 1 N–H and O–H groups in total. The van der Waals surface area contributed by atoms with Gasteiger partial charge in [0, 0.05) is 19.0 Å². The van der Waals surface area contributed by atoms with Gasteiger partial charge in [0.15, 0.2) is 0 Å². The van der Waals surface area contributed by atoms with Crippen LogP contribution in [0.2, 0.25) is 0 Å². The van der Waals surface area contributed by atoms with E-state index in [0.29, 0.717) is 19.4 Å². The molecule has 0 aromatic rings. The predicted octanol–water partition coefficient (Wildman–Crippen LogP) is 0.378. The van der Waals surface area contributed by atoms with Crippen LogP contribution in [0.5, 0.6) is 0 Å². The molecule has 0 saturated carbocycles. The van der Waals surface area contributed by atoms with Crippen LogP contribution in [0.4, 0.5) is 0 Å². The minimum absolute atomic E-state index is 0.172. The SMILES string of the molecule is CC(C)N1CC(O)CCC1=O. The number of nitrogens with zero attached hydrogens (tertiary/aromatic N) is 1. The van der Waals surface area contributed by atoms with E-state index >= 15 is 0 Å². The van der Waals surface area contributed by atoms with Gasteiger partial charge in [0.25, 0.3) is 0 Å². The van der Waals surface area contributed by atoms with Crippen LogP contribution in [0, 0.1) is 0 Å². The monoisotopic (exact) mass is 157 g/mol. The number of carbonyl (C=O) groups excluding carboxylic acids is 1. The smallest absolute Gasteiger partial charge is 0.222 e. The zero-order valence-electron chi connectivity index (χ0n) is 7.08. The van der Waals surface area contributed by atoms with Gasteiger partial charge in [0.2, 0.25) is 5.91 Å². The van der Waals surface area contributed by atoms with Crippen LogP contribution >= 0.6 is 0 Å². The van der Waals surface area contributed by atoms with Gasteiger partial charge in [0.1, 0.15) is 0 Å². The lowest BCUT2D eigenvalue weighted by atomic mass is 10.1. The summed E-state index contributed by atoms with van der Waals surface area (Å²) >= 11 is 0. The van der Waals surface area contributed by atoms with Crippen LogP contribution in [0.3, 0.4) is 0 Å². The average molecular weight is 157 g/mol. The molecule has 0 aliphatic carbocycles. The molecule has 0 radical (unpaired) electrons.